The van der Waals surface area contributed by atoms with E-state index in [9.17, 15) is 0 Å². The average Bonchev–Trinajstić information content (AvgIpc) is 3.21. The number of aryl methyl sites for hydroxylation is 1. The molecule has 0 atom stereocenters. The van der Waals surface area contributed by atoms with Crippen molar-refractivity contribution in [3.8, 4) is 0 Å². The first-order valence-electron chi connectivity index (χ1n) is 6.87. The second-order valence-electron chi connectivity index (χ2n) is 5.31. The molecule has 4 rings (SSSR count). The van der Waals surface area contributed by atoms with Gasteiger partial charge in [-0.05, 0) is 49.5 Å². The van der Waals surface area contributed by atoms with E-state index in [1.807, 2.05) is 0 Å². The highest BCUT2D eigenvalue weighted by atomic mass is 32.1. The third-order valence-electron chi connectivity index (χ3n) is 3.95. The first-order valence-corrected chi connectivity index (χ1v) is 7.28. The quantitative estimate of drug-likeness (QED) is 0.852. The maximum atomic E-state index is 5.38. The van der Waals surface area contributed by atoms with E-state index in [0.717, 1.165) is 23.7 Å². The van der Waals surface area contributed by atoms with Gasteiger partial charge in [-0.15, -0.1) is 5.10 Å². The van der Waals surface area contributed by atoms with Crippen molar-refractivity contribution in [2.45, 2.75) is 31.7 Å². The molecule has 4 nitrogen and oxygen atoms in total. The van der Waals surface area contributed by atoms with Crippen LogP contribution >= 0.6 is 12.2 Å². The Hall–Kier alpha value is -1.62. The number of fused-ring (bicyclic) bond motifs is 1. The summed E-state index contributed by atoms with van der Waals surface area (Å²) in [4.78, 5) is 2.31. The standard InChI is InChI=1S/C14H16N4S/c19-14-16-15-13(18(14)11-7-8-11)17-9-3-5-10-4-1-2-6-12(10)17/h1-2,4,6,11H,3,5,7-9H2,(H,16,19). The lowest BCUT2D eigenvalue weighted by Gasteiger charge is -2.30. The first-order chi connectivity index (χ1) is 9.34. The number of benzene rings is 1. The Bertz CT molecular complexity index is 668. The maximum Gasteiger partial charge on any atom is 0.230 e. The van der Waals surface area contributed by atoms with Crippen molar-refractivity contribution < 1.29 is 0 Å². The van der Waals surface area contributed by atoms with Crippen molar-refractivity contribution in [1.29, 1.82) is 0 Å². The zero-order valence-corrected chi connectivity index (χ0v) is 11.5. The van der Waals surface area contributed by atoms with Gasteiger partial charge in [0.05, 0.1) is 0 Å². The van der Waals surface area contributed by atoms with Crippen LogP contribution in [0.25, 0.3) is 0 Å². The van der Waals surface area contributed by atoms with Gasteiger partial charge in [0.15, 0.2) is 4.77 Å². The van der Waals surface area contributed by atoms with Crippen molar-refractivity contribution >= 4 is 23.9 Å². The van der Waals surface area contributed by atoms with Crippen molar-refractivity contribution in [2.24, 2.45) is 0 Å². The molecular weight excluding hydrogens is 256 g/mol. The van der Waals surface area contributed by atoms with Crippen LogP contribution in [0.5, 0.6) is 0 Å². The van der Waals surface area contributed by atoms with Crippen molar-refractivity contribution in [1.82, 2.24) is 14.8 Å². The fourth-order valence-electron chi connectivity index (χ4n) is 2.89. The predicted octanol–water partition coefficient (Wildman–Crippen LogP) is 3.36. The van der Waals surface area contributed by atoms with Gasteiger partial charge in [-0.1, -0.05) is 18.2 Å². The molecule has 1 fully saturated rings. The van der Waals surface area contributed by atoms with E-state index in [1.54, 1.807) is 0 Å². The number of nitrogens with zero attached hydrogens (tertiary/aromatic N) is 3. The van der Waals surface area contributed by atoms with Crippen LogP contribution in [0, 0.1) is 4.77 Å². The molecule has 5 heteroatoms. The molecule has 2 aliphatic rings. The van der Waals surface area contributed by atoms with Crippen LogP contribution in [0.1, 0.15) is 30.9 Å². The van der Waals surface area contributed by atoms with Crippen LogP contribution in [0.3, 0.4) is 0 Å². The normalized spacial score (nSPS) is 18.4. The van der Waals surface area contributed by atoms with Crippen LogP contribution in [-0.2, 0) is 6.42 Å². The first kappa shape index (κ1) is 11.2. The van der Waals surface area contributed by atoms with Crippen LogP contribution in [0.15, 0.2) is 24.3 Å². The van der Waals surface area contributed by atoms with E-state index in [4.69, 9.17) is 12.2 Å². The molecule has 2 aromatic rings. The van der Waals surface area contributed by atoms with Gasteiger partial charge in [0.2, 0.25) is 5.95 Å². The van der Waals surface area contributed by atoms with Gasteiger partial charge in [-0.2, -0.15) is 0 Å². The van der Waals surface area contributed by atoms with E-state index < -0.39 is 0 Å². The van der Waals surface area contributed by atoms with Gasteiger partial charge in [-0.3, -0.25) is 4.57 Å². The lowest BCUT2D eigenvalue weighted by molar-refractivity contribution is 0.684. The molecule has 0 saturated heterocycles. The summed E-state index contributed by atoms with van der Waals surface area (Å²) in [6.07, 6.45) is 4.76. The predicted molar refractivity (Wildman–Crippen MR) is 77.5 cm³/mol. The SMILES string of the molecule is S=c1[nH]nc(N2CCCc3ccccc32)n1C1CC1. The van der Waals surface area contributed by atoms with E-state index in [1.165, 1.54) is 30.5 Å². The molecule has 1 aliphatic carbocycles. The molecule has 1 aromatic heterocycles. The molecular formula is C14H16N4S. The minimum absolute atomic E-state index is 0.551. The summed E-state index contributed by atoms with van der Waals surface area (Å²) in [5.41, 5.74) is 2.69. The number of anilines is 2. The number of para-hydroxylation sites is 1. The lowest BCUT2D eigenvalue weighted by atomic mass is 10.0. The van der Waals surface area contributed by atoms with Crippen LogP contribution < -0.4 is 4.90 Å². The summed E-state index contributed by atoms with van der Waals surface area (Å²) in [7, 11) is 0. The Balaban J connectivity index is 1.84. The van der Waals surface area contributed by atoms with E-state index in [-0.39, 0.29) is 0 Å². The number of nitrogens with one attached hydrogen (secondary N) is 1. The fourth-order valence-corrected chi connectivity index (χ4v) is 3.17. The maximum absolute atomic E-state index is 5.38. The number of aromatic amines is 1. The van der Waals surface area contributed by atoms with Crippen molar-refractivity contribution in [3.05, 3.63) is 34.6 Å². The number of hydrogen-bond acceptors (Lipinski definition) is 3. The number of H-pyrrole nitrogens is 1. The zero-order chi connectivity index (χ0) is 12.8. The van der Waals surface area contributed by atoms with Gasteiger partial charge < -0.3 is 4.90 Å². The molecule has 98 valence electrons. The van der Waals surface area contributed by atoms with Crippen LogP contribution in [0.2, 0.25) is 0 Å². The van der Waals surface area contributed by atoms with Gasteiger partial charge in [0, 0.05) is 18.3 Å². The number of hydrogen-bond donors (Lipinski definition) is 1. The van der Waals surface area contributed by atoms with Crippen LogP contribution in [0.4, 0.5) is 11.6 Å². The summed E-state index contributed by atoms with van der Waals surface area (Å²) in [5, 5.41) is 7.43. The second-order valence-corrected chi connectivity index (χ2v) is 5.70. The molecule has 0 amide bonds. The third-order valence-corrected chi connectivity index (χ3v) is 4.24. The third kappa shape index (κ3) is 1.80. The number of rotatable bonds is 2. The molecule has 0 unspecified atom stereocenters. The summed E-state index contributed by atoms with van der Waals surface area (Å²) < 4.78 is 2.94. The highest BCUT2D eigenvalue weighted by molar-refractivity contribution is 7.71. The minimum Gasteiger partial charge on any atom is -0.310 e. The molecule has 0 spiro atoms. The Labute approximate surface area is 117 Å². The molecule has 19 heavy (non-hydrogen) atoms. The Morgan fingerprint density at radius 1 is 1.26 bits per heavy atom. The van der Waals surface area contributed by atoms with Crippen molar-refractivity contribution in [3.63, 3.8) is 0 Å². The van der Waals surface area contributed by atoms with Gasteiger partial charge in [-0.25, -0.2) is 5.10 Å². The fraction of sp³-hybridized carbons (Fsp3) is 0.429. The zero-order valence-electron chi connectivity index (χ0n) is 10.7. The molecule has 1 aromatic carbocycles. The highest BCUT2D eigenvalue weighted by Gasteiger charge is 2.30. The molecule has 0 bridgehead atoms. The van der Waals surface area contributed by atoms with Crippen molar-refractivity contribution in [2.75, 3.05) is 11.4 Å². The highest BCUT2D eigenvalue weighted by Crippen LogP contribution is 2.40. The summed E-state index contributed by atoms with van der Waals surface area (Å²) in [6.45, 7) is 1.02. The Kier molecular flexibility index (Phi) is 2.48. The molecule has 2 heterocycles. The monoisotopic (exact) mass is 272 g/mol. The molecule has 1 N–H and O–H groups in total. The van der Waals surface area contributed by atoms with E-state index >= 15 is 0 Å². The topological polar surface area (TPSA) is 36.9 Å². The summed E-state index contributed by atoms with van der Waals surface area (Å²) in [5.74, 6) is 0.986. The van der Waals surface area contributed by atoms with Gasteiger partial charge in [0.1, 0.15) is 0 Å². The molecule has 1 saturated carbocycles. The summed E-state index contributed by atoms with van der Waals surface area (Å²) in [6, 6.07) is 9.16. The summed E-state index contributed by atoms with van der Waals surface area (Å²) >= 11 is 5.38. The molecule has 1 aliphatic heterocycles. The Morgan fingerprint density at radius 3 is 2.95 bits per heavy atom. The number of aromatic nitrogens is 3. The largest absolute Gasteiger partial charge is 0.310 e. The van der Waals surface area contributed by atoms with E-state index in [0.29, 0.717) is 6.04 Å². The van der Waals surface area contributed by atoms with E-state index in [2.05, 4.69) is 43.9 Å². The smallest absolute Gasteiger partial charge is 0.230 e. The van der Waals surface area contributed by atoms with Gasteiger partial charge in [0.25, 0.3) is 0 Å². The van der Waals surface area contributed by atoms with Crippen LogP contribution in [-0.4, -0.2) is 21.3 Å². The average molecular weight is 272 g/mol. The second kappa shape index (κ2) is 4.20. The Morgan fingerprint density at radius 2 is 2.11 bits per heavy atom. The minimum atomic E-state index is 0.551. The lowest BCUT2D eigenvalue weighted by Crippen LogP contribution is -2.27. The molecule has 0 radical (unpaired) electrons. The van der Waals surface area contributed by atoms with Gasteiger partial charge >= 0.3 is 0 Å².